The van der Waals surface area contributed by atoms with Gasteiger partial charge in [-0.1, -0.05) is 48.5 Å². The van der Waals surface area contributed by atoms with Gasteiger partial charge in [0.2, 0.25) is 0 Å². The summed E-state index contributed by atoms with van der Waals surface area (Å²) in [7, 11) is 0. The smallest absolute Gasteiger partial charge is 0.330 e. The number of esters is 1. The van der Waals surface area contributed by atoms with Crippen molar-refractivity contribution < 1.29 is 14.3 Å². The minimum Gasteiger partial charge on any atom is -0.458 e. The van der Waals surface area contributed by atoms with Crippen molar-refractivity contribution in [2.75, 3.05) is 5.32 Å². The molecule has 1 atom stereocenters. The monoisotopic (exact) mass is 418 g/mol. The second-order valence-corrected chi connectivity index (χ2v) is 8.19. The molecule has 0 aliphatic carbocycles. The molecule has 0 spiro atoms. The van der Waals surface area contributed by atoms with Gasteiger partial charge in [0.1, 0.15) is 17.3 Å². The van der Waals surface area contributed by atoms with Gasteiger partial charge >= 0.3 is 5.97 Å². The van der Waals surface area contributed by atoms with Crippen LogP contribution in [0.1, 0.15) is 42.7 Å². The largest absolute Gasteiger partial charge is 0.458 e. The van der Waals surface area contributed by atoms with Gasteiger partial charge in [-0.3, -0.25) is 14.2 Å². The second kappa shape index (κ2) is 9.43. The maximum atomic E-state index is 13.2. The van der Waals surface area contributed by atoms with Gasteiger partial charge in [0.25, 0.3) is 11.5 Å². The predicted molar refractivity (Wildman–Crippen MR) is 120 cm³/mol. The molecule has 3 aromatic rings. The van der Waals surface area contributed by atoms with E-state index >= 15 is 0 Å². The number of hydrogen-bond donors (Lipinski definition) is 1. The number of amides is 1. The average molecular weight is 418 g/mol. The van der Waals surface area contributed by atoms with Crippen molar-refractivity contribution >= 4 is 17.6 Å². The van der Waals surface area contributed by atoms with Crippen LogP contribution in [-0.2, 0) is 16.0 Å². The molecule has 6 heteroatoms. The number of hydrogen-bond acceptors (Lipinski definition) is 4. The van der Waals surface area contributed by atoms with E-state index in [-0.39, 0.29) is 12.1 Å². The number of anilines is 1. The third kappa shape index (κ3) is 5.92. The van der Waals surface area contributed by atoms with Crippen molar-refractivity contribution in [1.82, 2.24) is 4.57 Å². The number of carbonyl (C=O) groups is 2. The van der Waals surface area contributed by atoms with Crippen molar-refractivity contribution in [2.45, 2.75) is 38.8 Å². The zero-order valence-corrected chi connectivity index (χ0v) is 17.9. The van der Waals surface area contributed by atoms with Crippen LogP contribution >= 0.6 is 0 Å². The first-order valence-corrected chi connectivity index (χ1v) is 10.1. The first kappa shape index (κ1) is 22.0. The SMILES string of the molecule is CC(C)(C)OC(=O)C(Cc1ccccc1)n1cccc(NC(=O)c2ccccc2)c1=O. The number of aromatic nitrogens is 1. The molecule has 0 fully saturated rings. The Morgan fingerprint density at radius 1 is 0.935 bits per heavy atom. The van der Waals surface area contributed by atoms with Crippen molar-refractivity contribution in [3.05, 3.63) is 100 Å². The van der Waals surface area contributed by atoms with E-state index in [1.165, 1.54) is 16.8 Å². The molecule has 3 rings (SSSR count). The van der Waals surface area contributed by atoms with Gasteiger partial charge in [-0.2, -0.15) is 0 Å². The third-order valence-corrected chi connectivity index (χ3v) is 4.55. The molecular formula is C25H26N2O4. The second-order valence-electron chi connectivity index (χ2n) is 8.19. The Hall–Kier alpha value is -3.67. The van der Waals surface area contributed by atoms with E-state index in [2.05, 4.69) is 5.32 Å². The Morgan fingerprint density at radius 3 is 2.16 bits per heavy atom. The Morgan fingerprint density at radius 2 is 1.55 bits per heavy atom. The zero-order valence-electron chi connectivity index (χ0n) is 17.9. The molecule has 1 N–H and O–H groups in total. The molecule has 6 nitrogen and oxygen atoms in total. The highest BCUT2D eigenvalue weighted by molar-refractivity contribution is 6.04. The topological polar surface area (TPSA) is 77.4 Å². The molecule has 0 saturated carbocycles. The maximum Gasteiger partial charge on any atom is 0.330 e. The fourth-order valence-electron chi connectivity index (χ4n) is 3.14. The van der Waals surface area contributed by atoms with Crippen LogP contribution in [-0.4, -0.2) is 22.0 Å². The van der Waals surface area contributed by atoms with Crippen molar-refractivity contribution in [1.29, 1.82) is 0 Å². The van der Waals surface area contributed by atoms with Gasteiger partial charge in [-0.15, -0.1) is 0 Å². The molecule has 160 valence electrons. The van der Waals surface area contributed by atoms with Crippen LogP contribution in [0.5, 0.6) is 0 Å². The summed E-state index contributed by atoms with van der Waals surface area (Å²) < 4.78 is 6.91. The van der Waals surface area contributed by atoms with E-state index in [1.54, 1.807) is 57.2 Å². The molecule has 1 unspecified atom stereocenters. The number of carbonyl (C=O) groups excluding carboxylic acids is 2. The van der Waals surface area contributed by atoms with E-state index in [0.29, 0.717) is 5.56 Å². The summed E-state index contributed by atoms with van der Waals surface area (Å²) in [6.45, 7) is 5.34. The number of benzene rings is 2. The number of pyridine rings is 1. The molecule has 1 amide bonds. The highest BCUT2D eigenvalue weighted by Gasteiger charge is 2.28. The lowest BCUT2D eigenvalue weighted by molar-refractivity contribution is -0.159. The molecule has 0 aliphatic heterocycles. The van der Waals surface area contributed by atoms with Crippen molar-refractivity contribution in [2.24, 2.45) is 0 Å². The minimum absolute atomic E-state index is 0.0953. The van der Waals surface area contributed by atoms with Crippen LogP contribution in [0.2, 0.25) is 0 Å². The third-order valence-electron chi connectivity index (χ3n) is 4.55. The normalized spacial score (nSPS) is 12.1. The minimum atomic E-state index is -0.872. The molecule has 1 heterocycles. The summed E-state index contributed by atoms with van der Waals surface area (Å²) in [6.07, 6.45) is 1.82. The van der Waals surface area contributed by atoms with Crippen LogP contribution < -0.4 is 10.9 Å². The van der Waals surface area contributed by atoms with E-state index in [1.807, 2.05) is 30.3 Å². The molecule has 0 aliphatic rings. The molecule has 31 heavy (non-hydrogen) atoms. The van der Waals surface area contributed by atoms with Crippen LogP contribution in [0.3, 0.4) is 0 Å². The zero-order chi connectivity index (χ0) is 22.4. The van der Waals surface area contributed by atoms with Crippen LogP contribution in [0, 0.1) is 0 Å². The summed E-state index contributed by atoms with van der Waals surface area (Å²) in [4.78, 5) is 38.7. The number of rotatable bonds is 6. The summed E-state index contributed by atoms with van der Waals surface area (Å²) in [5.74, 6) is -0.905. The molecule has 0 radical (unpaired) electrons. The molecule has 0 saturated heterocycles. The van der Waals surface area contributed by atoms with Gasteiger partial charge in [0.05, 0.1) is 0 Å². The Kier molecular flexibility index (Phi) is 6.70. The van der Waals surface area contributed by atoms with Crippen molar-refractivity contribution in [3.8, 4) is 0 Å². The van der Waals surface area contributed by atoms with Gasteiger partial charge < -0.3 is 10.1 Å². The van der Waals surface area contributed by atoms with E-state index in [4.69, 9.17) is 4.74 Å². The highest BCUT2D eigenvalue weighted by Crippen LogP contribution is 2.19. The lowest BCUT2D eigenvalue weighted by Gasteiger charge is -2.25. The molecule has 1 aromatic heterocycles. The fourth-order valence-corrected chi connectivity index (χ4v) is 3.14. The van der Waals surface area contributed by atoms with E-state index in [9.17, 15) is 14.4 Å². The summed E-state index contributed by atoms with van der Waals surface area (Å²) in [5, 5.41) is 2.65. The van der Waals surface area contributed by atoms with Gasteiger partial charge in [-0.05, 0) is 50.6 Å². The average Bonchev–Trinajstić information content (AvgIpc) is 2.74. The van der Waals surface area contributed by atoms with Crippen molar-refractivity contribution in [3.63, 3.8) is 0 Å². The molecular weight excluding hydrogens is 392 g/mol. The van der Waals surface area contributed by atoms with Gasteiger partial charge in [-0.25, -0.2) is 4.79 Å². The number of nitrogens with one attached hydrogen (secondary N) is 1. The van der Waals surface area contributed by atoms with Crippen LogP contribution in [0.15, 0.2) is 83.8 Å². The highest BCUT2D eigenvalue weighted by atomic mass is 16.6. The van der Waals surface area contributed by atoms with Crippen LogP contribution in [0.4, 0.5) is 5.69 Å². The quantitative estimate of drug-likeness (QED) is 0.608. The van der Waals surface area contributed by atoms with Gasteiger partial charge in [0, 0.05) is 18.2 Å². The van der Waals surface area contributed by atoms with Gasteiger partial charge in [0.15, 0.2) is 0 Å². The first-order chi connectivity index (χ1) is 14.7. The van der Waals surface area contributed by atoms with Crippen LogP contribution in [0.25, 0.3) is 0 Å². The molecule has 2 aromatic carbocycles. The predicted octanol–water partition coefficient (Wildman–Crippen LogP) is 4.23. The number of nitrogens with zero attached hydrogens (tertiary/aromatic N) is 1. The summed E-state index contributed by atoms with van der Waals surface area (Å²) >= 11 is 0. The van der Waals surface area contributed by atoms with E-state index < -0.39 is 29.1 Å². The van der Waals surface area contributed by atoms with E-state index in [0.717, 1.165) is 5.56 Å². The summed E-state index contributed by atoms with van der Waals surface area (Å²) in [6, 6.07) is 20.3. The first-order valence-electron chi connectivity index (χ1n) is 10.1. The standard InChI is InChI=1S/C25H26N2O4/c1-25(2,3)31-24(30)21(17-18-11-6-4-7-12-18)27-16-10-15-20(23(27)29)26-22(28)19-13-8-5-9-14-19/h4-16,21H,17H2,1-3H3,(H,26,28). The lowest BCUT2D eigenvalue weighted by Crippen LogP contribution is -2.37. The Bertz CT molecular complexity index is 1100. The Labute approximate surface area is 181 Å². The Balaban J connectivity index is 1.95. The lowest BCUT2D eigenvalue weighted by atomic mass is 10.0. The number of ether oxygens (including phenoxy) is 1. The fraction of sp³-hybridized carbons (Fsp3) is 0.240. The molecule has 0 bridgehead atoms. The maximum absolute atomic E-state index is 13.2. The summed E-state index contributed by atoms with van der Waals surface area (Å²) in [5.41, 5.74) is 0.250.